The minimum absolute atomic E-state index is 0.174. The Hall–Kier alpha value is -2.56. The molecule has 2 rings (SSSR count). The lowest BCUT2D eigenvalue weighted by Gasteiger charge is -2.19. The SMILES string of the molecule is CCCC(C(=O)Nc1cccc(N)c1)n1cc(C)ccc1=O. The fraction of sp³-hybridized carbons (Fsp3) is 0.294. The van der Waals surface area contributed by atoms with Gasteiger partial charge in [-0.2, -0.15) is 0 Å². The summed E-state index contributed by atoms with van der Waals surface area (Å²) in [6.07, 6.45) is 3.12. The van der Waals surface area contributed by atoms with Crippen molar-refractivity contribution in [1.82, 2.24) is 4.57 Å². The maximum absolute atomic E-state index is 12.6. The number of benzene rings is 1. The fourth-order valence-corrected chi connectivity index (χ4v) is 2.37. The number of hydrogen-bond donors (Lipinski definition) is 2. The highest BCUT2D eigenvalue weighted by atomic mass is 16.2. The van der Waals surface area contributed by atoms with Crippen LogP contribution in [-0.4, -0.2) is 10.5 Å². The van der Waals surface area contributed by atoms with E-state index in [9.17, 15) is 9.59 Å². The van der Waals surface area contributed by atoms with Crippen molar-refractivity contribution < 1.29 is 4.79 Å². The molecule has 2 aromatic rings. The van der Waals surface area contributed by atoms with Crippen molar-refractivity contribution in [3.63, 3.8) is 0 Å². The number of nitrogen functional groups attached to an aromatic ring is 1. The lowest BCUT2D eigenvalue weighted by molar-refractivity contribution is -0.119. The van der Waals surface area contributed by atoms with Gasteiger partial charge in [0.2, 0.25) is 5.91 Å². The smallest absolute Gasteiger partial charge is 0.251 e. The van der Waals surface area contributed by atoms with Crippen molar-refractivity contribution >= 4 is 17.3 Å². The Labute approximate surface area is 129 Å². The van der Waals surface area contributed by atoms with Crippen molar-refractivity contribution in [3.05, 3.63) is 58.5 Å². The van der Waals surface area contributed by atoms with Crippen LogP contribution in [0.1, 0.15) is 31.4 Å². The van der Waals surface area contributed by atoms with Gasteiger partial charge in [0.15, 0.2) is 0 Å². The van der Waals surface area contributed by atoms with Crippen LogP contribution in [0.3, 0.4) is 0 Å². The highest BCUT2D eigenvalue weighted by Crippen LogP contribution is 2.18. The highest BCUT2D eigenvalue weighted by Gasteiger charge is 2.20. The van der Waals surface area contributed by atoms with Gasteiger partial charge in [-0.3, -0.25) is 9.59 Å². The molecule has 5 heteroatoms. The molecule has 0 fully saturated rings. The minimum atomic E-state index is -0.529. The van der Waals surface area contributed by atoms with Crippen molar-refractivity contribution in [2.24, 2.45) is 0 Å². The van der Waals surface area contributed by atoms with Crippen molar-refractivity contribution in [1.29, 1.82) is 0 Å². The number of nitrogens with two attached hydrogens (primary N) is 1. The summed E-state index contributed by atoms with van der Waals surface area (Å²) >= 11 is 0. The van der Waals surface area contributed by atoms with Gasteiger partial charge in [-0.1, -0.05) is 25.5 Å². The molecule has 1 aromatic heterocycles. The van der Waals surface area contributed by atoms with E-state index < -0.39 is 6.04 Å². The van der Waals surface area contributed by atoms with Gasteiger partial charge >= 0.3 is 0 Å². The summed E-state index contributed by atoms with van der Waals surface area (Å²) in [4.78, 5) is 24.6. The number of carbonyl (C=O) groups is 1. The minimum Gasteiger partial charge on any atom is -0.399 e. The predicted molar refractivity (Wildman–Crippen MR) is 88.9 cm³/mol. The molecular weight excluding hydrogens is 278 g/mol. The van der Waals surface area contributed by atoms with Crippen LogP contribution in [-0.2, 0) is 4.79 Å². The van der Waals surface area contributed by atoms with Crippen LogP contribution >= 0.6 is 0 Å². The summed E-state index contributed by atoms with van der Waals surface area (Å²) in [5.41, 5.74) is 7.70. The Morgan fingerprint density at radius 1 is 1.32 bits per heavy atom. The number of nitrogens with one attached hydrogen (secondary N) is 1. The lowest BCUT2D eigenvalue weighted by atomic mass is 10.1. The number of aromatic nitrogens is 1. The average molecular weight is 299 g/mol. The number of nitrogens with zero attached hydrogens (tertiary/aromatic N) is 1. The molecule has 116 valence electrons. The van der Waals surface area contributed by atoms with E-state index in [0.29, 0.717) is 17.8 Å². The number of anilines is 2. The third-order valence-electron chi connectivity index (χ3n) is 3.44. The van der Waals surface area contributed by atoms with E-state index >= 15 is 0 Å². The quantitative estimate of drug-likeness (QED) is 0.833. The summed E-state index contributed by atoms with van der Waals surface area (Å²) in [5.74, 6) is -0.208. The highest BCUT2D eigenvalue weighted by molar-refractivity contribution is 5.94. The zero-order valence-electron chi connectivity index (χ0n) is 12.9. The normalized spacial score (nSPS) is 11.9. The first-order valence-electron chi connectivity index (χ1n) is 7.36. The molecule has 1 unspecified atom stereocenters. The Morgan fingerprint density at radius 2 is 2.09 bits per heavy atom. The predicted octanol–water partition coefficient (Wildman–Crippen LogP) is 2.72. The van der Waals surface area contributed by atoms with Gasteiger partial charge < -0.3 is 15.6 Å². The van der Waals surface area contributed by atoms with Crippen molar-refractivity contribution in [2.45, 2.75) is 32.7 Å². The van der Waals surface area contributed by atoms with Crippen molar-refractivity contribution in [2.75, 3.05) is 11.1 Å². The molecule has 0 aliphatic carbocycles. The number of rotatable bonds is 5. The molecule has 5 nitrogen and oxygen atoms in total. The molecule has 1 heterocycles. The summed E-state index contributed by atoms with van der Waals surface area (Å²) in [7, 11) is 0. The average Bonchev–Trinajstić information content (AvgIpc) is 2.47. The molecule has 0 spiro atoms. The number of carbonyl (C=O) groups excluding carboxylic acids is 1. The third kappa shape index (κ3) is 3.75. The van der Waals surface area contributed by atoms with E-state index in [2.05, 4.69) is 5.32 Å². The van der Waals surface area contributed by atoms with Crippen LogP contribution in [0.25, 0.3) is 0 Å². The second-order valence-corrected chi connectivity index (χ2v) is 5.37. The second kappa shape index (κ2) is 6.93. The molecule has 0 saturated heterocycles. The summed E-state index contributed by atoms with van der Waals surface area (Å²) < 4.78 is 1.50. The van der Waals surface area contributed by atoms with E-state index in [1.807, 2.05) is 13.8 Å². The number of amides is 1. The van der Waals surface area contributed by atoms with Crippen LogP contribution in [0.15, 0.2) is 47.4 Å². The first kappa shape index (κ1) is 15.8. The van der Waals surface area contributed by atoms with Crippen LogP contribution in [0, 0.1) is 6.92 Å². The molecule has 22 heavy (non-hydrogen) atoms. The molecule has 0 aliphatic rings. The van der Waals surface area contributed by atoms with Gasteiger partial charge in [0.1, 0.15) is 6.04 Å². The Bertz CT molecular complexity index is 722. The zero-order chi connectivity index (χ0) is 16.1. The Kier molecular flexibility index (Phi) is 4.99. The largest absolute Gasteiger partial charge is 0.399 e. The van der Waals surface area contributed by atoms with Crippen LogP contribution in [0.5, 0.6) is 0 Å². The monoisotopic (exact) mass is 299 g/mol. The summed E-state index contributed by atoms with van der Waals surface area (Å²) in [6.45, 7) is 3.89. The van der Waals surface area contributed by atoms with E-state index in [1.54, 1.807) is 36.5 Å². The van der Waals surface area contributed by atoms with E-state index in [4.69, 9.17) is 5.73 Å². The van der Waals surface area contributed by atoms with E-state index in [-0.39, 0.29) is 11.5 Å². The van der Waals surface area contributed by atoms with E-state index in [1.165, 1.54) is 10.6 Å². The first-order valence-corrected chi connectivity index (χ1v) is 7.36. The second-order valence-electron chi connectivity index (χ2n) is 5.37. The maximum atomic E-state index is 12.6. The maximum Gasteiger partial charge on any atom is 0.251 e. The van der Waals surface area contributed by atoms with Gasteiger partial charge in [0, 0.05) is 23.6 Å². The molecule has 0 aliphatic heterocycles. The molecule has 0 saturated carbocycles. The molecule has 1 atom stereocenters. The first-order chi connectivity index (χ1) is 10.5. The van der Waals surface area contributed by atoms with Crippen molar-refractivity contribution in [3.8, 4) is 0 Å². The molecular formula is C17H21N3O2. The molecule has 0 bridgehead atoms. The van der Waals surface area contributed by atoms with Gasteiger partial charge in [0.25, 0.3) is 5.56 Å². The van der Waals surface area contributed by atoms with Gasteiger partial charge in [-0.25, -0.2) is 0 Å². The van der Waals surface area contributed by atoms with Gasteiger partial charge in [-0.05, 0) is 37.1 Å². The molecule has 1 amide bonds. The lowest BCUT2D eigenvalue weighted by Crippen LogP contribution is -2.33. The number of aryl methyl sites for hydroxylation is 1. The standard InChI is InChI=1S/C17H21N3O2/c1-3-5-15(20-11-12(2)8-9-16(20)21)17(22)19-14-7-4-6-13(18)10-14/h4,6-11,15H,3,5,18H2,1-2H3,(H,19,22). The number of hydrogen-bond acceptors (Lipinski definition) is 3. The van der Waals surface area contributed by atoms with Crippen LogP contribution in [0.4, 0.5) is 11.4 Å². The molecule has 0 radical (unpaired) electrons. The van der Waals surface area contributed by atoms with E-state index in [0.717, 1.165) is 12.0 Å². The van der Waals surface area contributed by atoms with Crippen LogP contribution in [0.2, 0.25) is 0 Å². The van der Waals surface area contributed by atoms with Gasteiger partial charge in [-0.15, -0.1) is 0 Å². The topological polar surface area (TPSA) is 77.1 Å². The summed E-state index contributed by atoms with van der Waals surface area (Å²) in [6, 6.07) is 9.71. The molecule has 3 N–H and O–H groups in total. The number of pyridine rings is 1. The van der Waals surface area contributed by atoms with Crippen LogP contribution < -0.4 is 16.6 Å². The Morgan fingerprint density at radius 3 is 2.77 bits per heavy atom. The van der Waals surface area contributed by atoms with Gasteiger partial charge in [0.05, 0.1) is 0 Å². The summed E-state index contributed by atoms with van der Waals surface area (Å²) in [5, 5.41) is 2.83. The molecule has 1 aromatic carbocycles. The third-order valence-corrected chi connectivity index (χ3v) is 3.44. The Balaban J connectivity index is 2.29. The fourth-order valence-electron chi connectivity index (χ4n) is 2.37. The zero-order valence-corrected chi connectivity index (χ0v) is 12.9.